The van der Waals surface area contributed by atoms with Crippen LogP contribution in [0.25, 0.3) is 11.4 Å². The van der Waals surface area contributed by atoms with Crippen molar-refractivity contribution in [3.8, 4) is 17.1 Å². The van der Waals surface area contributed by atoms with Crippen molar-refractivity contribution in [2.24, 2.45) is 0 Å². The SMILES string of the molecule is COc1ccc(-c2noc(CNC(=O)CSCc3ccccc3)n2)cc1. The highest BCUT2D eigenvalue weighted by molar-refractivity contribution is 7.99. The van der Waals surface area contributed by atoms with E-state index in [-0.39, 0.29) is 12.5 Å². The Kier molecular flexibility index (Phi) is 6.27. The number of rotatable bonds is 8. The molecule has 1 aromatic heterocycles. The maximum absolute atomic E-state index is 11.9. The van der Waals surface area contributed by atoms with E-state index < -0.39 is 0 Å². The molecule has 0 saturated heterocycles. The first kappa shape index (κ1) is 18.0. The van der Waals surface area contributed by atoms with Crippen molar-refractivity contribution in [2.45, 2.75) is 12.3 Å². The molecular weight excluding hydrogens is 350 g/mol. The van der Waals surface area contributed by atoms with Crippen LogP contribution in [0, 0.1) is 0 Å². The number of ether oxygens (including phenoxy) is 1. The second kappa shape index (κ2) is 9.05. The molecule has 6 nitrogen and oxygen atoms in total. The zero-order chi connectivity index (χ0) is 18.2. The first-order chi connectivity index (χ1) is 12.7. The van der Waals surface area contributed by atoms with Gasteiger partial charge in [0.05, 0.1) is 19.4 Å². The third-order valence-electron chi connectivity index (χ3n) is 3.60. The fourth-order valence-electron chi connectivity index (χ4n) is 2.25. The topological polar surface area (TPSA) is 77.3 Å². The minimum absolute atomic E-state index is 0.0601. The van der Waals surface area contributed by atoms with E-state index in [1.807, 2.05) is 54.6 Å². The van der Waals surface area contributed by atoms with E-state index in [0.717, 1.165) is 17.1 Å². The van der Waals surface area contributed by atoms with E-state index in [1.54, 1.807) is 18.9 Å². The van der Waals surface area contributed by atoms with E-state index >= 15 is 0 Å². The molecular formula is C19H19N3O3S. The minimum atomic E-state index is -0.0601. The summed E-state index contributed by atoms with van der Waals surface area (Å²) < 4.78 is 10.3. The van der Waals surface area contributed by atoms with Gasteiger partial charge in [0.25, 0.3) is 0 Å². The first-order valence-electron chi connectivity index (χ1n) is 8.10. The Morgan fingerprint density at radius 3 is 2.65 bits per heavy atom. The Bertz CT molecular complexity index is 835. The average molecular weight is 369 g/mol. The summed E-state index contributed by atoms with van der Waals surface area (Å²) in [5.74, 6) is 2.74. The standard InChI is InChI=1S/C19H19N3O3S/c1-24-16-9-7-15(8-10-16)19-21-18(25-22-19)11-20-17(23)13-26-12-14-5-3-2-4-6-14/h2-10H,11-13H2,1H3,(H,20,23). The predicted molar refractivity (Wildman–Crippen MR) is 101 cm³/mol. The molecule has 2 aromatic carbocycles. The van der Waals surface area contributed by atoms with Crippen LogP contribution in [0.2, 0.25) is 0 Å². The fourth-order valence-corrected chi connectivity index (χ4v) is 3.06. The average Bonchev–Trinajstić information content (AvgIpc) is 3.16. The number of benzene rings is 2. The van der Waals surface area contributed by atoms with Crippen molar-refractivity contribution in [1.82, 2.24) is 15.5 Å². The highest BCUT2D eigenvalue weighted by Gasteiger charge is 2.10. The van der Waals surface area contributed by atoms with Crippen molar-refractivity contribution in [3.63, 3.8) is 0 Å². The molecule has 0 aliphatic heterocycles. The van der Waals surface area contributed by atoms with Crippen LogP contribution in [0.15, 0.2) is 59.1 Å². The van der Waals surface area contributed by atoms with Crippen LogP contribution in [0.5, 0.6) is 5.75 Å². The van der Waals surface area contributed by atoms with Crippen LogP contribution >= 0.6 is 11.8 Å². The normalized spacial score (nSPS) is 10.5. The molecule has 0 fully saturated rings. The van der Waals surface area contributed by atoms with Gasteiger partial charge in [-0.25, -0.2) is 0 Å². The Balaban J connectivity index is 1.44. The summed E-state index contributed by atoms with van der Waals surface area (Å²) in [6.45, 7) is 0.216. The lowest BCUT2D eigenvalue weighted by Crippen LogP contribution is -2.24. The molecule has 7 heteroatoms. The van der Waals surface area contributed by atoms with Gasteiger partial charge >= 0.3 is 0 Å². The molecule has 1 heterocycles. The van der Waals surface area contributed by atoms with Gasteiger partial charge in [0.1, 0.15) is 5.75 Å². The fraction of sp³-hybridized carbons (Fsp3) is 0.211. The number of hydrogen-bond donors (Lipinski definition) is 1. The smallest absolute Gasteiger partial charge is 0.246 e. The van der Waals surface area contributed by atoms with Gasteiger partial charge in [-0.05, 0) is 29.8 Å². The number of nitrogens with one attached hydrogen (secondary N) is 1. The van der Waals surface area contributed by atoms with Crippen molar-refractivity contribution >= 4 is 17.7 Å². The molecule has 1 amide bonds. The number of carbonyl (C=O) groups is 1. The van der Waals surface area contributed by atoms with Gasteiger partial charge in [-0.3, -0.25) is 4.79 Å². The van der Waals surface area contributed by atoms with Gasteiger partial charge in [0.15, 0.2) is 0 Å². The summed E-state index contributed by atoms with van der Waals surface area (Å²) >= 11 is 1.56. The monoisotopic (exact) mass is 369 g/mol. The molecule has 0 radical (unpaired) electrons. The molecule has 0 aliphatic carbocycles. The largest absolute Gasteiger partial charge is 0.497 e. The lowest BCUT2D eigenvalue weighted by atomic mass is 10.2. The summed E-state index contributed by atoms with van der Waals surface area (Å²) in [5.41, 5.74) is 2.02. The zero-order valence-corrected chi connectivity index (χ0v) is 15.2. The number of hydrogen-bond acceptors (Lipinski definition) is 6. The van der Waals surface area contributed by atoms with E-state index in [9.17, 15) is 4.79 Å². The van der Waals surface area contributed by atoms with Crippen LogP contribution in [0.1, 0.15) is 11.5 Å². The summed E-state index contributed by atoms with van der Waals surface area (Å²) in [6.07, 6.45) is 0. The maximum atomic E-state index is 11.9. The molecule has 0 unspecified atom stereocenters. The van der Waals surface area contributed by atoms with E-state index in [1.165, 1.54) is 5.56 Å². The molecule has 0 bridgehead atoms. The number of carbonyl (C=O) groups excluding carboxylic acids is 1. The quantitative estimate of drug-likeness (QED) is 0.656. The molecule has 0 spiro atoms. The Morgan fingerprint density at radius 1 is 1.15 bits per heavy atom. The Morgan fingerprint density at radius 2 is 1.92 bits per heavy atom. The lowest BCUT2D eigenvalue weighted by Gasteiger charge is -2.03. The van der Waals surface area contributed by atoms with E-state index in [4.69, 9.17) is 9.26 Å². The predicted octanol–water partition coefficient (Wildman–Crippen LogP) is 3.29. The molecule has 26 heavy (non-hydrogen) atoms. The van der Waals surface area contributed by atoms with Gasteiger partial charge < -0.3 is 14.6 Å². The Labute approximate surface area is 156 Å². The van der Waals surface area contributed by atoms with Crippen LogP contribution in [0.4, 0.5) is 0 Å². The van der Waals surface area contributed by atoms with Crippen LogP contribution in [-0.4, -0.2) is 28.9 Å². The molecule has 3 rings (SSSR count). The lowest BCUT2D eigenvalue weighted by molar-refractivity contribution is -0.118. The van der Waals surface area contributed by atoms with Gasteiger partial charge in [-0.15, -0.1) is 11.8 Å². The van der Waals surface area contributed by atoms with Crippen molar-refractivity contribution in [2.75, 3.05) is 12.9 Å². The van der Waals surface area contributed by atoms with E-state index in [0.29, 0.717) is 17.5 Å². The third-order valence-corrected chi connectivity index (χ3v) is 4.60. The summed E-state index contributed by atoms with van der Waals surface area (Å²) in [7, 11) is 1.61. The Hall–Kier alpha value is -2.80. The van der Waals surface area contributed by atoms with E-state index in [2.05, 4.69) is 15.5 Å². The number of methoxy groups -OCH3 is 1. The molecule has 3 aromatic rings. The highest BCUT2D eigenvalue weighted by atomic mass is 32.2. The van der Waals surface area contributed by atoms with Gasteiger partial charge in [0, 0.05) is 11.3 Å². The molecule has 0 atom stereocenters. The maximum Gasteiger partial charge on any atom is 0.246 e. The third kappa shape index (κ3) is 5.10. The molecule has 1 N–H and O–H groups in total. The molecule has 0 aliphatic rings. The summed E-state index contributed by atoms with van der Waals surface area (Å²) in [4.78, 5) is 16.2. The van der Waals surface area contributed by atoms with Gasteiger partial charge in [-0.2, -0.15) is 4.98 Å². The van der Waals surface area contributed by atoms with Gasteiger partial charge in [0.2, 0.25) is 17.6 Å². The number of amides is 1. The second-order valence-corrected chi connectivity index (χ2v) is 6.48. The summed E-state index contributed by atoms with van der Waals surface area (Å²) in [6, 6.07) is 17.4. The molecule has 134 valence electrons. The van der Waals surface area contributed by atoms with Gasteiger partial charge in [-0.1, -0.05) is 35.5 Å². The van der Waals surface area contributed by atoms with Crippen molar-refractivity contribution in [3.05, 3.63) is 66.1 Å². The van der Waals surface area contributed by atoms with Crippen molar-refractivity contribution in [1.29, 1.82) is 0 Å². The van der Waals surface area contributed by atoms with Crippen LogP contribution < -0.4 is 10.1 Å². The number of nitrogens with zero attached hydrogens (tertiary/aromatic N) is 2. The zero-order valence-electron chi connectivity index (χ0n) is 14.3. The highest BCUT2D eigenvalue weighted by Crippen LogP contribution is 2.19. The number of thioether (sulfide) groups is 1. The van der Waals surface area contributed by atoms with Crippen molar-refractivity contribution < 1.29 is 14.1 Å². The first-order valence-corrected chi connectivity index (χ1v) is 9.25. The second-order valence-electron chi connectivity index (χ2n) is 5.50. The number of aromatic nitrogens is 2. The molecule has 0 saturated carbocycles. The van der Waals surface area contributed by atoms with Crippen LogP contribution in [0.3, 0.4) is 0 Å². The van der Waals surface area contributed by atoms with Crippen LogP contribution in [-0.2, 0) is 17.1 Å². The summed E-state index contributed by atoms with van der Waals surface area (Å²) in [5, 5.41) is 6.73. The minimum Gasteiger partial charge on any atom is -0.497 e.